The highest BCUT2D eigenvalue weighted by Gasteiger charge is 2.56. The molecule has 2 saturated heterocycles. The highest BCUT2D eigenvalue weighted by Crippen LogP contribution is 2.42. The van der Waals surface area contributed by atoms with Gasteiger partial charge in [-0.3, -0.25) is 14.4 Å². The second kappa shape index (κ2) is 5.96. The van der Waals surface area contributed by atoms with Gasteiger partial charge in [0.2, 0.25) is 5.91 Å². The van der Waals surface area contributed by atoms with Gasteiger partial charge in [0.25, 0.3) is 0 Å². The molecule has 22 heavy (non-hydrogen) atoms. The number of hydrogen-bond donors (Lipinski definition) is 1. The quantitative estimate of drug-likeness (QED) is 0.831. The van der Waals surface area contributed by atoms with E-state index >= 15 is 0 Å². The number of nitrogens with one attached hydrogen (secondary N) is 1. The van der Waals surface area contributed by atoms with Crippen molar-refractivity contribution in [3.05, 3.63) is 12.7 Å². The van der Waals surface area contributed by atoms with Crippen LogP contribution in [-0.4, -0.2) is 63.5 Å². The number of aryl methyl sites for hydroxylation is 1. The monoisotopic (exact) mass is 305 g/mol. The molecule has 2 aliphatic heterocycles. The second-order valence-electron chi connectivity index (χ2n) is 6.52. The van der Waals surface area contributed by atoms with Crippen LogP contribution in [0.5, 0.6) is 0 Å². The van der Waals surface area contributed by atoms with Gasteiger partial charge in [-0.15, -0.1) is 0 Å². The van der Waals surface area contributed by atoms with Crippen LogP contribution in [0.1, 0.15) is 25.7 Å². The lowest BCUT2D eigenvalue weighted by atomic mass is 9.70. The van der Waals surface area contributed by atoms with E-state index < -0.39 is 0 Å². The fourth-order valence-corrected chi connectivity index (χ4v) is 4.17. The predicted octanol–water partition coefficient (Wildman–Crippen LogP) is 0.0361. The normalized spacial score (nSPS) is 34.4. The van der Waals surface area contributed by atoms with Crippen molar-refractivity contribution in [2.45, 2.75) is 50.4 Å². The number of likely N-dealkylation sites (tertiary alicyclic amines) is 1. The van der Waals surface area contributed by atoms with Gasteiger partial charge in [-0.05, 0) is 32.4 Å². The van der Waals surface area contributed by atoms with Gasteiger partial charge < -0.3 is 10.1 Å². The van der Waals surface area contributed by atoms with Crippen LogP contribution in [-0.2, 0) is 16.1 Å². The molecule has 0 bridgehead atoms. The summed E-state index contributed by atoms with van der Waals surface area (Å²) in [7, 11) is 0. The van der Waals surface area contributed by atoms with Gasteiger partial charge in [0.05, 0.1) is 24.7 Å². The lowest BCUT2D eigenvalue weighted by Gasteiger charge is -2.51. The number of amides is 1. The summed E-state index contributed by atoms with van der Waals surface area (Å²) in [4.78, 5) is 18.7. The van der Waals surface area contributed by atoms with Gasteiger partial charge in [-0.1, -0.05) is 0 Å². The van der Waals surface area contributed by atoms with E-state index in [0.29, 0.717) is 31.0 Å². The Morgan fingerprint density at radius 3 is 3.00 bits per heavy atom. The number of fused-ring (bicyclic) bond motifs is 1. The van der Waals surface area contributed by atoms with E-state index in [0.717, 1.165) is 26.1 Å². The Kier molecular flexibility index (Phi) is 3.83. The van der Waals surface area contributed by atoms with Gasteiger partial charge in [0.1, 0.15) is 12.7 Å². The average molecular weight is 305 g/mol. The molecule has 1 saturated carbocycles. The second-order valence-corrected chi connectivity index (χ2v) is 6.52. The predicted molar refractivity (Wildman–Crippen MR) is 79.0 cm³/mol. The number of nitrogens with zero attached hydrogens (tertiary/aromatic N) is 4. The van der Waals surface area contributed by atoms with Crippen molar-refractivity contribution in [1.29, 1.82) is 0 Å². The van der Waals surface area contributed by atoms with E-state index in [2.05, 4.69) is 20.3 Å². The van der Waals surface area contributed by atoms with E-state index in [1.54, 1.807) is 11.0 Å². The molecule has 0 unspecified atom stereocenters. The number of ether oxygens (including phenoxy) is 1. The Labute approximate surface area is 130 Å². The van der Waals surface area contributed by atoms with Crippen molar-refractivity contribution in [3.63, 3.8) is 0 Å². The molecule has 120 valence electrons. The summed E-state index contributed by atoms with van der Waals surface area (Å²) in [5.41, 5.74) is 0. The highest BCUT2D eigenvalue weighted by molar-refractivity contribution is 5.76. The topological polar surface area (TPSA) is 72.3 Å². The highest BCUT2D eigenvalue weighted by atomic mass is 16.5. The Morgan fingerprint density at radius 1 is 1.36 bits per heavy atom. The third-order valence-electron chi connectivity index (χ3n) is 5.27. The molecule has 3 aliphatic rings. The first-order valence-corrected chi connectivity index (χ1v) is 8.30. The van der Waals surface area contributed by atoms with Crippen molar-refractivity contribution in [2.24, 2.45) is 5.92 Å². The summed E-state index contributed by atoms with van der Waals surface area (Å²) >= 11 is 0. The third-order valence-corrected chi connectivity index (χ3v) is 5.27. The summed E-state index contributed by atoms with van der Waals surface area (Å²) in [6.07, 6.45) is 7.52. The first-order chi connectivity index (χ1) is 10.8. The average Bonchev–Trinajstić information content (AvgIpc) is 3.25. The number of aromatic nitrogens is 3. The minimum absolute atomic E-state index is 0.107. The van der Waals surface area contributed by atoms with Gasteiger partial charge in [0, 0.05) is 18.9 Å². The summed E-state index contributed by atoms with van der Waals surface area (Å²) in [5, 5.41) is 7.29. The Bertz CT molecular complexity index is 509. The van der Waals surface area contributed by atoms with E-state index in [4.69, 9.17) is 4.74 Å². The van der Waals surface area contributed by atoms with Gasteiger partial charge in [-0.2, -0.15) is 5.10 Å². The molecule has 1 aliphatic carbocycles. The number of carbonyl (C=O) groups excluding carboxylic acids is 1. The maximum Gasteiger partial charge on any atom is 0.222 e. The largest absolute Gasteiger partial charge is 0.376 e. The van der Waals surface area contributed by atoms with Crippen LogP contribution in [0.3, 0.4) is 0 Å². The Balaban J connectivity index is 1.34. The van der Waals surface area contributed by atoms with Gasteiger partial charge in [-0.25, -0.2) is 4.98 Å². The van der Waals surface area contributed by atoms with Crippen LogP contribution in [0.15, 0.2) is 12.7 Å². The van der Waals surface area contributed by atoms with Gasteiger partial charge >= 0.3 is 0 Å². The van der Waals surface area contributed by atoms with Crippen LogP contribution < -0.4 is 5.32 Å². The molecule has 4 rings (SSSR count). The Hall–Kier alpha value is -1.47. The zero-order valence-corrected chi connectivity index (χ0v) is 12.7. The first-order valence-electron chi connectivity index (χ1n) is 8.30. The van der Waals surface area contributed by atoms with Crippen molar-refractivity contribution < 1.29 is 9.53 Å². The van der Waals surface area contributed by atoms with Gasteiger partial charge in [0.15, 0.2) is 0 Å². The van der Waals surface area contributed by atoms with E-state index in [1.807, 2.05) is 0 Å². The van der Waals surface area contributed by atoms with Crippen molar-refractivity contribution >= 4 is 5.91 Å². The maximum absolute atomic E-state index is 12.3. The van der Waals surface area contributed by atoms with Crippen molar-refractivity contribution in [3.8, 4) is 0 Å². The number of rotatable bonds is 5. The lowest BCUT2D eigenvalue weighted by molar-refractivity contribution is -0.129. The molecule has 1 amide bonds. The molecule has 0 radical (unpaired) electrons. The molecule has 3 fully saturated rings. The molecule has 4 atom stereocenters. The molecular weight excluding hydrogens is 282 g/mol. The van der Waals surface area contributed by atoms with Crippen LogP contribution in [0.2, 0.25) is 0 Å². The molecule has 0 aromatic carbocycles. The van der Waals surface area contributed by atoms with Crippen LogP contribution >= 0.6 is 0 Å². The smallest absolute Gasteiger partial charge is 0.222 e. The molecule has 1 aromatic rings. The minimum atomic E-state index is 0.107. The molecule has 1 N–H and O–H groups in total. The molecular formula is C15H23N5O2. The van der Waals surface area contributed by atoms with Crippen LogP contribution in [0.4, 0.5) is 0 Å². The third kappa shape index (κ3) is 2.52. The van der Waals surface area contributed by atoms with Crippen molar-refractivity contribution in [1.82, 2.24) is 25.0 Å². The zero-order chi connectivity index (χ0) is 14.9. The summed E-state index contributed by atoms with van der Waals surface area (Å²) < 4.78 is 7.59. The molecule has 3 heterocycles. The molecule has 7 heteroatoms. The number of hydrogen-bond acceptors (Lipinski definition) is 5. The maximum atomic E-state index is 12.3. The Morgan fingerprint density at radius 2 is 2.23 bits per heavy atom. The SMILES string of the molecule is O=C(CCn1cncn1)N[C@H]1[C@H]2CCO[C@H]2[C@@H]1N1CCCC1. The van der Waals surface area contributed by atoms with E-state index in [9.17, 15) is 4.79 Å². The standard InChI is InChI=1S/C15H23N5O2/c21-12(3-7-20-10-16-9-17-20)18-13-11-4-8-22-15(11)14(13)19-5-1-2-6-19/h9-11,13-15H,1-8H2,(H,18,21)/t11-,13+,14-,15-/m1/s1. The first kappa shape index (κ1) is 14.1. The lowest BCUT2D eigenvalue weighted by Crippen LogP contribution is -2.70. The molecule has 7 nitrogen and oxygen atoms in total. The zero-order valence-electron chi connectivity index (χ0n) is 12.7. The van der Waals surface area contributed by atoms with Crippen LogP contribution in [0.25, 0.3) is 0 Å². The fourth-order valence-electron chi connectivity index (χ4n) is 4.17. The number of carbonyl (C=O) groups is 1. The molecule has 1 aromatic heterocycles. The molecule has 0 spiro atoms. The fraction of sp³-hybridized carbons (Fsp3) is 0.800. The summed E-state index contributed by atoms with van der Waals surface area (Å²) in [6.45, 7) is 3.70. The summed E-state index contributed by atoms with van der Waals surface area (Å²) in [5.74, 6) is 0.607. The van der Waals surface area contributed by atoms with Crippen LogP contribution in [0, 0.1) is 5.92 Å². The van der Waals surface area contributed by atoms with E-state index in [1.165, 1.54) is 19.2 Å². The summed E-state index contributed by atoms with van der Waals surface area (Å²) in [6, 6.07) is 0.638. The minimum Gasteiger partial charge on any atom is -0.376 e. The van der Waals surface area contributed by atoms with E-state index in [-0.39, 0.29) is 11.9 Å². The van der Waals surface area contributed by atoms with Crippen molar-refractivity contribution in [2.75, 3.05) is 19.7 Å².